The molecule has 0 bridgehead atoms. The summed E-state index contributed by atoms with van der Waals surface area (Å²) in [5, 5.41) is 4.78. The summed E-state index contributed by atoms with van der Waals surface area (Å²) in [6.07, 6.45) is 5.97. The van der Waals surface area contributed by atoms with Gasteiger partial charge in [0.25, 0.3) is 0 Å². The van der Waals surface area contributed by atoms with Crippen LogP contribution in [0.1, 0.15) is 71.3 Å². The zero-order chi connectivity index (χ0) is 26.0. The van der Waals surface area contributed by atoms with Gasteiger partial charge in [0.2, 0.25) is 5.91 Å². The topological polar surface area (TPSA) is 98.6 Å². The molecule has 1 heterocycles. The van der Waals surface area contributed by atoms with E-state index in [1.165, 1.54) is 0 Å². The van der Waals surface area contributed by atoms with Gasteiger partial charge in [0.1, 0.15) is 5.60 Å². The van der Waals surface area contributed by atoms with Crippen LogP contribution in [-0.2, 0) is 30.7 Å². The molecule has 2 atom stereocenters. The van der Waals surface area contributed by atoms with Gasteiger partial charge in [0, 0.05) is 36.9 Å². The largest absolute Gasteiger partial charge is 0.460 e. The molecule has 0 saturated heterocycles. The van der Waals surface area contributed by atoms with Gasteiger partial charge >= 0.3 is 5.97 Å². The molecule has 35 heavy (non-hydrogen) atoms. The lowest BCUT2D eigenvalue weighted by molar-refractivity contribution is -0.155. The highest BCUT2D eigenvalue weighted by Gasteiger charge is 2.37. The third kappa shape index (κ3) is 6.85. The van der Waals surface area contributed by atoms with E-state index in [0.717, 1.165) is 31.1 Å². The highest BCUT2D eigenvalue weighted by Crippen LogP contribution is 2.41. The third-order valence-corrected chi connectivity index (χ3v) is 7.58. The zero-order valence-electron chi connectivity index (χ0n) is 21.0. The summed E-state index contributed by atoms with van der Waals surface area (Å²) < 4.78 is 30.9. The van der Waals surface area contributed by atoms with Crippen LogP contribution in [0, 0.1) is 0 Å². The molecule has 2 aromatic rings. The Balaban J connectivity index is 1.83. The van der Waals surface area contributed by atoms with Crippen molar-refractivity contribution >= 4 is 39.1 Å². The third-order valence-electron chi connectivity index (χ3n) is 6.00. The van der Waals surface area contributed by atoms with Gasteiger partial charge in [-0.15, -0.1) is 0 Å². The first-order valence-electron chi connectivity index (χ1n) is 11.9. The first kappa shape index (κ1) is 27.2. The van der Waals surface area contributed by atoms with Gasteiger partial charge in [0.15, 0.2) is 15.7 Å². The van der Waals surface area contributed by atoms with Gasteiger partial charge in [-0.25, -0.2) is 8.42 Å². The Morgan fingerprint density at radius 1 is 1.23 bits per heavy atom. The number of halogens is 1. The molecule has 3 rings (SSSR count). The maximum Gasteiger partial charge on any atom is 0.308 e. The van der Waals surface area contributed by atoms with Crippen LogP contribution < -0.4 is 4.90 Å². The standard InChI is InChI=1S/C25H34ClN3O5S/c1-6-23(30)29(22-12-14-28(27-22)15-13-24(31)34-25(2,3)4)20-9-7-8-18(20)17-10-11-21(19(26)16-17)35(5,32)33/h10-12,14,16,18,20H,6-9,13,15H2,1-5H3. The molecule has 1 amide bonds. The maximum atomic E-state index is 13.1. The number of anilines is 1. The minimum atomic E-state index is -3.43. The van der Waals surface area contributed by atoms with Crippen molar-refractivity contribution in [3.05, 3.63) is 41.0 Å². The van der Waals surface area contributed by atoms with Crippen molar-refractivity contribution in [2.24, 2.45) is 0 Å². The van der Waals surface area contributed by atoms with Gasteiger partial charge in [-0.05, 0) is 51.3 Å². The average molecular weight is 524 g/mol. The van der Waals surface area contributed by atoms with Crippen LogP contribution in [0.2, 0.25) is 5.02 Å². The van der Waals surface area contributed by atoms with Crippen molar-refractivity contribution in [3.8, 4) is 0 Å². The SMILES string of the molecule is CCC(=O)N(c1ccn(CCC(=O)OC(C)(C)C)n1)C1CCCC1c1ccc(S(C)(=O)=O)c(Cl)c1. The molecule has 1 aliphatic rings. The highest BCUT2D eigenvalue weighted by molar-refractivity contribution is 7.90. The van der Waals surface area contributed by atoms with Crippen LogP contribution in [-0.4, -0.2) is 48.0 Å². The summed E-state index contributed by atoms with van der Waals surface area (Å²) in [7, 11) is -3.43. The molecule has 8 nitrogen and oxygen atoms in total. The van der Waals surface area contributed by atoms with E-state index < -0.39 is 15.4 Å². The Kier molecular flexibility index (Phi) is 8.32. The number of ether oxygens (including phenoxy) is 1. The van der Waals surface area contributed by atoms with Crippen LogP contribution >= 0.6 is 11.6 Å². The molecule has 1 aromatic heterocycles. The molecule has 1 fully saturated rings. The summed E-state index contributed by atoms with van der Waals surface area (Å²) in [5.74, 6) is 0.194. The van der Waals surface area contributed by atoms with Crippen molar-refractivity contribution in [2.75, 3.05) is 11.2 Å². The molecule has 2 unspecified atom stereocenters. The second-order valence-corrected chi connectivity index (χ2v) is 12.3. The number of hydrogen-bond acceptors (Lipinski definition) is 6. The minimum Gasteiger partial charge on any atom is -0.460 e. The van der Waals surface area contributed by atoms with Gasteiger partial charge in [-0.1, -0.05) is 31.0 Å². The molecule has 1 aliphatic carbocycles. The number of aromatic nitrogens is 2. The molecule has 1 aromatic carbocycles. The summed E-state index contributed by atoms with van der Waals surface area (Å²) >= 11 is 6.32. The van der Waals surface area contributed by atoms with E-state index in [4.69, 9.17) is 16.3 Å². The molecule has 10 heteroatoms. The van der Waals surface area contributed by atoms with E-state index in [2.05, 4.69) is 5.10 Å². The van der Waals surface area contributed by atoms with Gasteiger partial charge in [0.05, 0.1) is 22.9 Å². The number of benzene rings is 1. The van der Waals surface area contributed by atoms with Crippen LogP contribution in [0.15, 0.2) is 35.4 Å². The Morgan fingerprint density at radius 2 is 1.94 bits per heavy atom. The highest BCUT2D eigenvalue weighted by atomic mass is 35.5. The predicted octanol–water partition coefficient (Wildman–Crippen LogP) is 4.75. The molecule has 192 valence electrons. The van der Waals surface area contributed by atoms with E-state index in [1.54, 1.807) is 40.0 Å². The molecule has 0 radical (unpaired) electrons. The number of nitrogens with zero attached hydrogens (tertiary/aromatic N) is 3. The van der Waals surface area contributed by atoms with Crippen molar-refractivity contribution in [1.82, 2.24) is 9.78 Å². The predicted molar refractivity (Wildman–Crippen MR) is 135 cm³/mol. The first-order chi connectivity index (χ1) is 16.3. The molecule has 0 spiro atoms. The minimum absolute atomic E-state index is 0.00326. The number of carbonyl (C=O) groups excluding carboxylic acids is 2. The first-order valence-corrected chi connectivity index (χ1v) is 14.1. The van der Waals surface area contributed by atoms with Crippen molar-refractivity contribution in [3.63, 3.8) is 0 Å². The number of sulfone groups is 1. The Labute approximate surface area is 212 Å². The number of hydrogen-bond donors (Lipinski definition) is 0. The summed E-state index contributed by atoms with van der Waals surface area (Å²) in [5.41, 5.74) is 0.361. The van der Waals surface area contributed by atoms with E-state index >= 15 is 0 Å². The van der Waals surface area contributed by atoms with Gasteiger partial charge < -0.3 is 4.74 Å². The molecule has 1 saturated carbocycles. The fourth-order valence-electron chi connectivity index (χ4n) is 4.54. The molecular formula is C25H34ClN3O5S. The average Bonchev–Trinajstić information content (AvgIpc) is 3.40. The van der Waals surface area contributed by atoms with Crippen LogP contribution in [0.4, 0.5) is 5.82 Å². The quantitative estimate of drug-likeness (QED) is 0.463. The Hall–Kier alpha value is -2.39. The maximum absolute atomic E-state index is 13.1. The van der Waals surface area contributed by atoms with Crippen molar-refractivity contribution in [2.45, 2.75) is 88.8 Å². The lowest BCUT2D eigenvalue weighted by Gasteiger charge is -2.32. The molecule has 0 aliphatic heterocycles. The molecule has 0 N–H and O–H groups in total. The lowest BCUT2D eigenvalue weighted by Crippen LogP contribution is -2.42. The summed E-state index contributed by atoms with van der Waals surface area (Å²) in [4.78, 5) is 27.0. The second kappa shape index (κ2) is 10.7. The zero-order valence-corrected chi connectivity index (χ0v) is 22.5. The van der Waals surface area contributed by atoms with E-state index in [9.17, 15) is 18.0 Å². The van der Waals surface area contributed by atoms with Crippen LogP contribution in [0.25, 0.3) is 0 Å². The smallest absolute Gasteiger partial charge is 0.308 e. The second-order valence-electron chi connectivity index (χ2n) is 9.96. The number of amides is 1. The number of carbonyl (C=O) groups is 2. The fraction of sp³-hybridized carbons (Fsp3) is 0.560. The lowest BCUT2D eigenvalue weighted by atomic mass is 9.93. The van der Waals surface area contributed by atoms with Gasteiger partial charge in [-0.3, -0.25) is 19.2 Å². The number of aryl methyl sites for hydroxylation is 1. The number of rotatable bonds is 8. The normalized spacial score (nSPS) is 18.5. The van der Waals surface area contributed by atoms with E-state index in [1.807, 2.05) is 27.7 Å². The molecular weight excluding hydrogens is 490 g/mol. The van der Waals surface area contributed by atoms with Crippen molar-refractivity contribution < 1.29 is 22.7 Å². The van der Waals surface area contributed by atoms with Gasteiger partial charge in [-0.2, -0.15) is 5.10 Å². The van der Waals surface area contributed by atoms with E-state index in [-0.39, 0.29) is 40.2 Å². The monoisotopic (exact) mass is 523 g/mol. The van der Waals surface area contributed by atoms with Crippen LogP contribution in [0.5, 0.6) is 0 Å². The summed E-state index contributed by atoms with van der Waals surface area (Å²) in [6, 6.07) is 6.70. The van der Waals surface area contributed by atoms with E-state index in [0.29, 0.717) is 18.8 Å². The van der Waals surface area contributed by atoms with Crippen LogP contribution in [0.3, 0.4) is 0 Å². The Bertz CT molecular complexity index is 1190. The fourth-order valence-corrected chi connectivity index (χ4v) is 5.88. The van der Waals surface area contributed by atoms with Crippen molar-refractivity contribution in [1.29, 1.82) is 0 Å². The number of esters is 1. The summed E-state index contributed by atoms with van der Waals surface area (Å²) in [6.45, 7) is 7.64. The Morgan fingerprint density at radius 3 is 2.54 bits per heavy atom.